The van der Waals surface area contributed by atoms with Gasteiger partial charge in [-0.2, -0.15) is 0 Å². The van der Waals surface area contributed by atoms with Crippen molar-refractivity contribution in [2.75, 3.05) is 0 Å². The first-order valence-electron chi connectivity index (χ1n) is 21.0. The van der Waals surface area contributed by atoms with Crippen LogP contribution in [-0.4, -0.2) is 9.55 Å². The van der Waals surface area contributed by atoms with Crippen molar-refractivity contribution in [1.82, 2.24) is 9.55 Å². The number of furan rings is 1. The lowest BCUT2D eigenvalue weighted by Gasteiger charge is -2.45. The Morgan fingerprint density at radius 2 is 1.27 bits per heavy atom. The molecule has 1 aliphatic rings. The van der Waals surface area contributed by atoms with Gasteiger partial charge in [0.1, 0.15) is 17.0 Å². The average molecular weight is 736 g/mol. The first kappa shape index (κ1) is 35.0. The van der Waals surface area contributed by atoms with Crippen LogP contribution in [0, 0.1) is 10.8 Å². The van der Waals surface area contributed by atoms with E-state index in [2.05, 4.69) is 181 Å². The van der Waals surface area contributed by atoms with Crippen LogP contribution in [0.5, 0.6) is 0 Å². The number of para-hydroxylation sites is 3. The molecule has 0 spiro atoms. The Kier molecular flexibility index (Phi) is 8.54. The van der Waals surface area contributed by atoms with Crippen LogP contribution < -0.4 is 0 Å². The fraction of sp³-hybridized carbons (Fsp3) is 0.302. The van der Waals surface area contributed by atoms with Gasteiger partial charge in [-0.05, 0) is 129 Å². The van der Waals surface area contributed by atoms with Gasteiger partial charge in [-0.3, -0.25) is 4.57 Å². The zero-order valence-electron chi connectivity index (χ0n) is 35.2. The second kappa shape index (κ2) is 13.7. The summed E-state index contributed by atoms with van der Waals surface area (Å²) in [5, 5.41) is 2.19. The van der Waals surface area contributed by atoms with Gasteiger partial charge in [-0.25, -0.2) is 4.98 Å². The highest BCUT2D eigenvalue weighted by Gasteiger charge is 2.39. The lowest BCUT2D eigenvalue weighted by Crippen LogP contribution is -2.32. The molecule has 6 aromatic carbocycles. The molecular weight excluding hydrogens is 681 g/mol. The third-order valence-corrected chi connectivity index (χ3v) is 12.0. The highest BCUT2D eigenvalue weighted by atomic mass is 16.3. The van der Waals surface area contributed by atoms with Crippen LogP contribution in [-0.2, 0) is 0 Å². The summed E-state index contributed by atoms with van der Waals surface area (Å²) in [5.41, 5.74) is 14.6. The Morgan fingerprint density at radius 1 is 0.643 bits per heavy atom. The van der Waals surface area contributed by atoms with E-state index in [0.717, 1.165) is 74.7 Å². The summed E-state index contributed by atoms with van der Waals surface area (Å²) in [6, 6.07) is 45.8. The molecule has 0 bridgehead atoms. The zero-order chi connectivity index (χ0) is 39.9. The molecule has 0 saturated heterocycles. The van der Waals surface area contributed by atoms with Crippen molar-refractivity contribution >= 4 is 33.0 Å². The van der Waals surface area contributed by atoms with Gasteiger partial charge >= 0.3 is 0 Å². The molecule has 1 aliphatic carbocycles. The second-order valence-electron chi connectivity index (χ2n) is 18.5. The quantitative estimate of drug-likeness (QED) is 0.163. The Bertz CT molecular complexity index is 2740. The molecule has 0 N–H and O–H groups in total. The first-order chi connectivity index (χ1) is 27.2. The number of hydrogen-bond acceptors (Lipinski definition) is 2. The Balaban J connectivity index is 1.21. The van der Waals surface area contributed by atoms with E-state index >= 15 is 0 Å². The SMILES string of the molecule is [2H]C1(c2ccc(-c3cc(C(C)C)c(-n4c(-c5cccc6c5oc5cc(-c7ccccc7)ccc56)nc5ccccc54)c(C(C)C)c3)cc2)CC(C)(C)CC(C)(C)C1. The molecule has 0 aliphatic heterocycles. The highest BCUT2D eigenvalue weighted by molar-refractivity contribution is 6.10. The fourth-order valence-corrected chi connectivity index (χ4v) is 9.94. The Hall–Kier alpha value is -5.41. The Morgan fingerprint density at radius 3 is 1.95 bits per heavy atom. The van der Waals surface area contributed by atoms with Crippen molar-refractivity contribution < 1.29 is 5.79 Å². The van der Waals surface area contributed by atoms with E-state index in [9.17, 15) is 1.37 Å². The highest BCUT2D eigenvalue weighted by Crippen LogP contribution is 2.52. The van der Waals surface area contributed by atoms with Crippen LogP contribution in [0.2, 0.25) is 0 Å². The third-order valence-electron chi connectivity index (χ3n) is 12.0. The van der Waals surface area contributed by atoms with Crippen molar-refractivity contribution in [3.05, 3.63) is 144 Å². The van der Waals surface area contributed by atoms with E-state index in [1.165, 1.54) is 33.5 Å². The number of nitrogens with zero attached hydrogens (tertiary/aromatic N) is 2. The van der Waals surface area contributed by atoms with Crippen molar-refractivity contribution in [2.45, 2.75) is 92.4 Å². The normalized spacial score (nSPS) is 16.6. The predicted octanol–water partition coefficient (Wildman–Crippen LogP) is 15.5. The smallest absolute Gasteiger partial charge is 0.149 e. The van der Waals surface area contributed by atoms with Crippen LogP contribution in [0.15, 0.2) is 132 Å². The van der Waals surface area contributed by atoms with E-state index in [1.807, 2.05) is 6.07 Å². The van der Waals surface area contributed by atoms with E-state index in [0.29, 0.717) is 0 Å². The minimum absolute atomic E-state index is 0.133. The number of fused-ring (bicyclic) bond motifs is 4. The van der Waals surface area contributed by atoms with Crippen LogP contribution in [0.3, 0.4) is 0 Å². The largest absolute Gasteiger partial charge is 0.455 e. The van der Waals surface area contributed by atoms with E-state index in [-0.39, 0.29) is 22.7 Å². The first-order valence-corrected chi connectivity index (χ1v) is 20.5. The van der Waals surface area contributed by atoms with Crippen LogP contribution >= 0.6 is 0 Å². The molecule has 2 heterocycles. The maximum Gasteiger partial charge on any atom is 0.149 e. The summed E-state index contributed by atoms with van der Waals surface area (Å²) in [7, 11) is 0. The molecule has 8 aromatic rings. The van der Waals surface area contributed by atoms with Gasteiger partial charge in [0.05, 0.1) is 22.3 Å². The summed E-state index contributed by atoms with van der Waals surface area (Å²) in [6.07, 6.45) is 2.91. The zero-order valence-corrected chi connectivity index (χ0v) is 34.2. The maximum absolute atomic E-state index is 9.71. The molecule has 0 radical (unpaired) electrons. The van der Waals surface area contributed by atoms with Gasteiger partial charge in [0.2, 0.25) is 0 Å². The topological polar surface area (TPSA) is 31.0 Å². The molecule has 56 heavy (non-hydrogen) atoms. The summed E-state index contributed by atoms with van der Waals surface area (Å²) < 4.78 is 18.9. The van der Waals surface area contributed by atoms with Gasteiger partial charge in [-0.15, -0.1) is 0 Å². The number of hydrogen-bond donors (Lipinski definition) is 0. The third kappa shape index (κ3) is 6.45. The van der Waals surface area contributed by atoms with Gasteiger partial charge in [0, 0.05) is 12.1 Å². The molecule has 282 valence electrons. The number of benzene rings is 6. The molecular formula is C53H54N2O. The van der Waals surface area contributed by atoms with Gasteiger partial charge in [0.25, 0.3) is 0 Å². The molecule has 0 atom stereocenters. The Labute approximate surface area is 333 Å². The molecule has 0 unspecified atom stereocenters. The van der Waals surface area contributed by atoms with E-state index in [1.54, 1.807) is 0 Å². The maximum atomic E-state index is 9.71. The van der Waals surface area contributed by atoms with E-state index in [4.69, 9.17) is 9.40 Å². The van der Waals surface area contributed by atoms with Crippen molar-refractivity contribution in [3.8, 4) is 39.3 Å². The van der Waals surface area contributed by atoms with Crippen LogP contribution in [0.1, 0.15) is 110 Å². The van der Waals surface area contributed by atoms with Gasteiger partial charge in [0.15, 0.2) is 0 Å². The molecule has 1 fully saturated rings. The van der Waals surface area contributed by atoms with Crippen LogP contribution in [0.4, 0.5) is 0 Å². The van der Waals surface area contributed by atoms with Crippen molar-refractivity contribution in [2.24, 2.45) is 10.8 Å². The van der Waals surface area contributed by atoms with Crippen molar-refractivity contribution in [1.29, 1.82) is 0 Å². The monoisotopic (exact) mass is 735 g/mol. The van der Waals surface area contributed by atoms with Gasteiger partial charge in [-0.1, -0.05) is 140 Å². The summed E-state index contributed by atoms with van der Waals surface area (Å²) >= 11 is 0. The summed E-state index contributed by atoms with van der Waals surface area (Å²) in [6.45, 7) is 18.5. The molecule has 0 amide bonds. The van der Waals surface area contributed by atoms with Crippen LogP contribution in [0.25, 0.3) is 72.3 Å². The molecule has 3 heteroatoms. The summed E-state index contributed by atoms with van der Waals surface area (Å²) in [4.78, 5) is 5.39. The van der Waals surface area contributed by atoms with Gasteiger partial charge < -0.3 is 4.42 Å². The lowest BCUT2D eigenvalue weighted by atomic mass is 9.60. The predicted molar refractivity (Wildman–Crippen MR) is 237 cm³/mol. The summed E-state index contributed by atoms with van der Waals surface area (Å²) in [5.74, 6) is 0.773. The minimum atomic E-state index is -0.592. The second-order valence-corrected chi connectivity index (χ2v) is 18.5. The lowest BCUT2D eigenvalue weighted by molar-refractivity contribution is 0.0969. The van der Waals surface area contributed by atoms with Crippen molar-refractivity contribution in [3.63, 3.8) is 0 Å². The average Bonchev–Trinajstić information content (AvgIpc) is 3.74. The van der Waals surface area contributed by atoms with E-state index < -0.39 is 5.89 Å². The number of aromatic nitrogens is 2. The molecule has 3 nitrogen and oxygen atoms in total. The number of imidazole rings is 1. The fourth-order valence-electron chi connectivity index (χ4n) is 9.94. The minimum Gasteiger partial charge on any atom is -0.455 e. The molecule has 9 rings (SSSR count). The number of rotatable bonds is 7. The molecule has 2 aromatic heterocycles. The standard InChI is InChI=1S/C53H54N2O/c1-33(2)44-27-39(36-21-23-37(24-22-36)40-30-52(5,6)32-53(7,8)31-40)28-45(34(3)4)49(44)55-47-20-13-12-19-46(47)54-51(55)43-18-14-17-42-41-26-25-38(29-48(41)56-50(42)43)35-15-10-9-11-16-35/h9-29,33-34,40H,30-32H2,1-8H3/i40D. The molecule has 1 saturated carbocycles.